The number of carbonyl (C=O) groups excluding carboxylic acids is 2. The average molecular weight is 371 g/mol. The van der Waals surface area contributed by atoms with E-state index in [0.29, 0.717) is 5.41 Å². The highest BCUT2D eigenvalue weighted by Gasteiger charge is 2.11. The molecule has 27 heavy (non-hydrogen) atoms. The van der Waals surface area contributed by atoms with E-state index in [9.17, 15) is 4.79 Å². The SMILES string of the molecule is C=O.CC(=O)c1c(C)cc(C)cc1C.CC(C)(C)c1ccccc1.CCC. The quantitative estimate of drug-likeness (QED) is 0.505. The molecule has 0 atom stereocenters. The van der Waals surface area contributed by atoms with E-state index in [-0.39, 0.29) is 5.78 Å². The summed E-state index contributed by atoms with van der Waals surface area (Å²) in [5.41, 5.74) is 5.95. The van der Waals surface area contributed by atoms with E-state index in [4.69, 9.17) is 4.79 Å². The molecule has 0 bridgehead atoms. The Labute approximate surface area is 167 Å². The van der Waals surface area contributed by atoms with E-state index < -0.39 is 0 Å². The van der Waals surface area contributed by atoms with Crippen LogP contribution in [0.2, 0.25) is 0 Å². The van der Waals surface area contributed by atoms with Gasteiger partial charge < -0.3 is 4.79 Å². The summed E-state index contributed by atoms with van der Waals surface area (Å²) < 4.78 is 0. The number of hydrogen-bond acceptors (Lipinski definition) is 2. The molecule has 0 N–H and O–H groups in total. The Morgan fingerprint density at radius 3 is 1.52 bits per heavy atom. The molecule has 0 radical (unpaired) electrons. The maximum absolute atomic E-state index is 11.2. The van der Waals surface area contributed by atoms with E-state index in [0.717, 1.165) is 16.7 Å². The highest BCUT2D eigenvalue weighted by Crippen LogP contribution is 2.20. The summed E-state index contributed by atoms with van der Waals surface area (Å²) in [6.07, 6.45) is 1.25. The van der Waals surface area contributed by atoms with E-state index in [1.165, 1.54) is 17.5 Å². The molecule has 0 aromatic heterocycles. The second kappa shape index (κ2) is 13.9. The van der Waals surface area contributed by atoms with Gasteiger partial charge in [0, 0.05) is 5.56 Å². The average Bonchev–Trinajstić information content (AvgIpc) is 2.57. The summed E-state index contributed by atoms with van der Waals surface area (Å²) in [4.78, 5) is 19.2. The summed E-state index contributed by atoms with van der Waals surface area (Å²) in [5.74, 6) is 0.157. The molecule has 2 nitrogen and oxygen atoms in total. The molecule has 0 fully saturated rings. The Balaban J connectivity index is 0. The van der Waals surface area contributed by atoms with E-state index >= 15 is 0 Å². The predicted octanol–water partition coefficient (Wildman–Crippen LogP) is 7.03. The first kappa shape index (κ1) is 27.0. The van der Waals surface area contributed by atoms with Crippen molar-refractivity contribution in [2.75, 3.05) is 0 Å². The second-order valence-electron chi connectivity index (χ2n) is 7.65. The van der Waals surface area contributed by atoms with E-state index in [1.807, 2.05) is 39.7 Å². The molecule has 0 amide bonds. The van der Waals surface area contributed by atoms with Crippen LogP contribution in [0.1, 0.15) is 80.6 Å². The molecule has 0 aliphatic rings. The molecule has 0 unspecified atom stereocenters. The minimum absolute atomic E-state index is 0.157. The van der Waals surface area contributed by atoms with Crippen LogP contribution in [0.15, 0.2) is 42.5 Å². The Kier molecular flexibility index (Phi) is 13.9. The lowest BCUT2D eigenvalue weighted by Crippen LogP contribution is -2.10. The number of ketones is 1. The van der Waals surface area contributed by atoms with Crippen LogP contribution in [0.3, 0.4) is 0 Å². The van der Waals surface area contributed by atoms with Crippen molar-refractivity contribution in [3.8, 4) is 0 Å². The van der Waals surface area contributed by atoms with Crippen molar-refractivity contribution < 1.29 is 9.59 Å². The van der Waals surface area contributed by atoms with Crippen molar-refractivity contribution >= 4 is 12.6 Å². The first-order valence-electron chi connectivity index (χ1n) is 9.47. The van der Waals surface area contributed by atoms with E-state index in [1.54, 1.807) is 6.92 Å². The molecular formula is C25H38O2. The molecule has 0 saturated heterocycles. The van der Waals surface area contributed by atoms with Gasteiger partial charge in [-0.05, 0) is 49.8 Å². The van der Waals surface area contributed by atoms with Crippen molar-refractivity contribution in [2.45, 2.75) is 74.1 Å². The third-order valence-corrected chi connectivity index (χ3v) is 3.67. The zero-order chi connectivity index (χ0) is 21.6. The number of hydrogen-bond donors (Lipinski definition) is 0. The first-order chi connectivity index (χ1) is 12.5. The zero-order valence-corrected chi connectivity index (χ0v) is 18.8. The molecule has 2 aromatic rings. The number of aryl methyl sites for hydroxylation is 3. The minimum Gasteiger partial charge on any atom is -0.307 e. The summed E-state index contributed by atoms with van der Waals surface area (Å²) in [6.45, 7) is 20.6. The Morgan fingerprint density at radius 1 is 0.889 bits per heavy atom. The topological polar surface area (TPSA) is 34.1 Å². The van der Waals surface area contributed by atoms with Crippen LogP contribution in [-0.2, 0) is 10.2 Å². The molecule has 2 heteroatoms. The van der Waals surface area contributed by atoms with Crippen LogP contribution in [0.4, 0.5) is 0 Å². The van der Waals surface area contributed by atoms with Gasteiger partial charge in [-0.2, -0.15) is 0 Å². The lowest BCUT2D eigenvalue weighted by molar-refractivity contribution is -0.0980. The van der Waals surface area contributed by atoms with Crippen LogP contribution in [0.25, 0.3) is 0 Å². The number of rotatable bonds is 1. The zero-order valence-electron chi connectivity index (χ0n) is 18.8. The number of carbonyl (C=O) groups is 2. The molecule has 0 saturated carbocycles. The fourth-order valence-corrected chi connectivity index (χ4v) is 2.67. The fourth-order valence-electron chi connectivity index (χ4n) is 2.67. The lowest BCUT2D eigenvalue weighted by Gasteiger charge is -2.18. The molecule has 0 aliphatic heterocycles. The molecule has 2 aromatic carbocycles. The third-order valence-electron chi connectivity index (χ3n) is 3.67. The predicted molar refractivity (Wildman–Crippen MR) is 119 cm³/mol. The van der Waals surface area contributed by atoms with Crippen molar-refractivity contribution in [1.29, 1.82) is 0 Å². The maximum atomic E-state index is 11.2. The van der Waals surface area contributed by atoms with Gasteiger partial charge in [0.1, 0.15) is 6.79 Å². The molecule has 0 aliphatic carbocycles. The van der Waals surface area contributed by atoms with Crippen molar-refractivity contribution in [1.82, 2.24) is 0 Å². The van der Waals surface area contributed by atoms with Crippen molar-refractivity contribution in [2.24, 2.45) is 0 Å². The van der Waals surface area contributed by atoms with Gasteiger partial charge in [0.05, 0.1) is 0 Å². The monoisotopic (exact) mass is 370 g/mol. The fraction of sp³-hybridized carbons (Fsp3) is 0.440. The van der Waals surface area contributed by atoms with Crippen molar-refractivity contribution in [3.05, 3.63) is 70.3 Å². The summed E-state index contributed by atoms with van der Waals surface area (Å²) in [6, 6.07) is 14.6. The first-order valence-corrected chi connectivity index (χ1v) is 9.47. The van der Waals surface area contributed by atoms with Crippen LogP contribution < -0.4 is 0 Å². The van der Waals surface area contributed by atoms with Crippen LogP contribution in [0, 0.1) is 20.8 Å². The Hall–Kier alpha value is -2.22. The van der Waals surface area contributed by atoms with Gasteiger partial charge in [-0.15, -0.1) is 0 Å². The molecule has 0 heterocycles. The van der Waals surface area contributed by atoms with Gasteiger partial charge in [0.15, 0.2) is 5.78 Å². The van der Waals surface area contributed by atoms with E-state index in [2.05, 4.69) is 65.0 Å². The molecule has 0 spiro atoms. The maximum Gasteiger partial charge on any atom is 0.160 e. The summed E-state index contributed by atoms with van der Waals surface area (Å²) >= 11 is 0. The van der Waals surface area contributed by atoms with Gasteiger partial charge in [-0.3, -0.25) is 4.79 Å². The Bertz CT molecular complexity index is 641. The highest BCUT2D eigenvalue weighted by molar-refractivity contribution is 5.97. The lowest BCUT2D eigenvalue weighted by atomic mass is 9.87. The van der Waals surface area contributed by atoms with Crippen LogP contribution in [0.5, 0.6) is 0 Å². The van der Waals surface area contributed by atoms with Crippen LogP contribution in [-0.4, -0.2) is 12.6 Å². The Morgan fingerprint density at radius 2 is 1.26 bits per heavy atom. The van der Waals surface area contributed by atoms with Gasteiger partial charge >= 0.3 is 0 Å². The van der Waals surface area contributed by atoms with Gasteiger partial charge in [-0.1, -0.05) is 89.1 Å². The largest absolute Gasteiger partial charge is 0.307 e. The second-order valence-corrected chi connectivity index (χ2v) is 7.65. The number of Topliss-reactive ketones (excluding diaryl/α,β-unsaturated/α-hetero) is 1. The minimum atomic E-state index is 0.157. The molecule has 150 valence electrons. The third kappa shape index (κ3) is 11.2. The van der Waals surface area contributed by atoms with Crippen molar-refractivity contribution in [3.63, 3.8) is 0 Å². The smallest absolute Gasteiger partial charge is 0.160 e. The molecule has 2 rings (SSSR count). The molecular weight excluding hydrogens is 332 g/mol. The van der Waals surface area contributed by atoms with Gasteiger partial charge in [-0.25, -0.2) is 0 Å². The normalized spacial score (nSPS) is 9.52. The number of benzene rings is 2. The van der Waals surface area contributed by atoms with Gasteiger partial charge in [0.25, 0.3) is 0 Å². The van der Waals surface area contributed by atoms with Gasteiger partial charge in [0.2, 0.25) is 0 Å². The summed E-state index contributed by atoms with van der Waals surface area (Å²) in [5, 5.41) is 0. The standard InChI is InChI=1S/C11H14O.C10H14.C3H8.CH2O/c1-7-5-8(2)11(10(4)12)9(3)6-7;1-10(2,3)9-7-5-4-6-8-9;1-3-2;1-2/h5-6H,1-4H3;4-8H,1-3H3;3H2,1-2H3;1H2. The summed E-state index contributed by atoms with van der Waals surface area (Å²) in [7, 11) is 0. The van der Waals surface area contributed by atoms with Crippen LogP contribution >= 0.6 is 0 Å². The highest BCUT2D eigenvalue weighted by atomic mass is 16.1.